The summed E-state index contributed by atoms with van der Waals surface area (Å²) in [6, 6.07) is 8.74. The summed E-state index contributed by atoms with van der Waals surface area (Å²) in [5.74, 6) is 1.30. The molecular weight excluding hydrogens is 443 g/mol. The third-order valence-corrected chi connectivity index (χ3v) is 5.00. The largest absolute Gasteiger partial charge is 0.357 e. The van der Waals surface area contributed by atoms with Crippen LogP contribution in [0.1, 0.15) is 46.5 Å². The van der Waals surface area contributed by atoms with Gasteiger partial charge in [-0.25, -0.2) is 9.98 Å². The summed E-state index contributed by atoms with van der Waals surface area (Å²) in [6.45, 7) is 12.9. The number of rotatable bonds is 6. The summed E-state index contributed by atoms with van der Waals surface area (Å²) in [7, 11) is 0. The summed E-state index contributed by atoms with van der Waals surface area (Å²) >= 11 is 1.72. The van der Waals surface area contributed by atoms with Gasteiger partial charge >= 0.3 is 0 Å². The van der Waals surface area contributed by atoms with E-state index in [1.807, 2.05) is 13.8 Å². The van der Waals surface area contributed by atoms with Gasteiger partial charge < -0.3 is 10.6 Å². The van der Waals surface area contributed by atoms with E-state index in [0.717, 1.165) is 29.8 Å². The van der Waals surface area contributed by atoms with Crippen molar-refractivity contribution < 1.29 is 0 Å². The maximum atomic E-state index is 4.70. The number of aromatic nitrogens is 1. The molecule has 138 valence electrons. The molecule has 4 nitrogen and oxygen atoms in total. The summed E-state index contributed by atoms with van der Waals surface area (Å²) in [6.07, 6.45) is 0. The highest BCUT2D eigenvalue weighted by Gasteiger charge is 2.08. The molecule has 0 fully saturated rings. The number of thiazole rings is 1. The van der Waals surface area contributed by atoms with Crippen LogP contribution in [-0.2, 0) is 6.54 Å². The number of nitrogens with one attached hydrogen (secondary N) is 2. The van der Waals surface area contributed by atoms with Crippen LogP contribution in [-0.4, -0.2) is 24.0 Å². The Kier molecular flexibility index (Phi) is 9.42. The fourth-order valence-electron chi connectivity index (χ4n) is 2.48. The van der Waals surface area contributed by atoms with E-state index in [1.165, 1.54) is 16.0 Å². The molecule has 0 amide bonds. The fraction of sp³-hybridized carbons (Fsp3) is 0.474. The van der Waals surface area contributed by atoms with Crippen molar-refractivity contribution in [3.8, 4) is 0 Å². The first-order valence-electron chi connectivity index (χ1n) is 8.51. The Balaban J connectivity index is 0.00000312. The summed E-state index contributed by atoms with van der Waals surface area (Å²) in [4.78, 5) is 10.4. The molecule has 1 heterocycles. The zero-order valence-electron chi connectivity index (χ0n) is 15.7. The highest BCUT2D eigenvalue weighted by molar-refractivity contribution is 14.0. The van der Waals surface area contributed by atoms with E-state index in [2.05, 4.69) is 60.7 Å². The molecule has 6 heteroatoms. The van der Waals surface area contributed by atoms with Crippen LogP contribution in [0.2, 0.25) is 0 Å². The third kappa shape index (κ3) is 6.93. The Bertz CT molecular complexity index is 679. The molecule has 2 aromatic rings. The van der Waals surface area contributed by atoms with Crippen LogP contribution in [0.4, 0.5) is 0 Å². The third-order valence-electron chi connectivity index (χ3n) is 3.95. The van der Waals surface area contributed by atoms with Crippen molar-refractivity contribution >= 4 is 41.3 Å². The van der Waals surface area contributed by atoms with Crippen molar-refractivity contribution in [3.63, 3.8) is 0 Å². The molecule has 2 rings (SSSR count). The lowest BCUT2D eigenvalue weighted by Crippen LogP contribution is -2.39. The van der Waals surface area contributed by atoms with Crippen molar-refractivity contribution in [3.05, 3.63) is 51.0 Å². The number of halogens is 1. The molecule has 1 atom stereocenters. The highest BCUT2D eigenvalue weighted by Crippen LogP contribution is 2.18. The van der Waals surface area contributed by atoms with Crippen molar-refractivity contribution in [2.24, 2.45) is 4.99 Å². The van der Waals surface area contributed by atoms with Gasteiger partial charge in [-0.1, -0.05) is 36.8 Å². The number of benzene rings is 1. The summed E-state index contributed by atoms with van der Waals surface area (Å²) in [5, 5.41) is 7.87. The van der Waals surface area contributed by atoms with E-state index in [1.54, 1.807) is 11.3 Å². The van der Waals surface area contributed by atoms with Crippen molar-refractivity contribution in [2.45, 2.75) is 47.1 Å². The molecule has 1 aromatic carbocycles. The molecule has 1 aromatic heterocycles. The maximum absolute atomic E-state index is 4.70. The van der Waals surface area contributed by atoms with Gasteiger partial charge in [-0.05, 0) is 39.2 Å². The van der Waals surface area contributed by atoms with E-state index >= 15 is 0 Å². The number of hydrogen-bond donors (Lipinski definition) is 2. The van der Waals surface area contributed by atoms with Gasteiger partial charge in [0.25, 0.3) is 0 Å². The summed E-state index contributed by atoms with van der Waals surface area (Å²) < 4.78 is 0. The second kappa shape index (κ2) is 10.8. The number of aryl methyl sites for hydroxylation is 3. The minimum absolute atomic E-state index is 0. The molecule has 0 saturated heterocycles. The lowest BCUT2D eigenvalue weighted by Gasteiger charge is -2.16. The zero-order valence-corrected chi connectivity index (χ0v) is 18.9. The van der Waals surface area contributed by atoms with E-state index in [-0.39, 0.29) is 24.0 Å². The standard InChI is InChI=1S/C19H28N4S.HI/c1-6-20-19(22-12-18-15(4)23-16(5)24-18)21-11-14(3)17-9-7-13(2)8-10-17;/h7-10,14H,6,11-12H2,1-5H3,(H2,20,21,22);1H. The number of nitrogens with zero attached hydrogens (tertiary/aromatic N) is 2. The molecule has 1 unspecified atom stereocenters. The van der Waals surface area contributed by atoms with Gasteiger partial charge in [0.1, 0.15) is 0 Å². The molecule has 0 radical (unpaired) electrons. The molecular formula is C19H29IN4S. The Hall–Kier alpha value is -1.15. The second-order valence-electron chi connectivity index (χ2n) is 6.13. The average Bonchev–Trinajstić information content (AvgIpc) is 2.88. The fourth-order valence-corrected chi connectivity index (χ4v) is 3.34. The maximum Gasteiger partial charge on any atom is 0.191 e. The Morgan fingerprint density at radius 3 is 2.40 bits per heavy atom. The van der Waals surface area contributed by atoms with Gasteiger partial charge in [0, 0.05) is 18.0 Å². The van der Waals surface area contributed by atoms with Gasteiger partial charge in [0.15, 0.2) is 5.96 Å². The highest BCUT2D eigenvalue weighted by atomic mass is 127. The quantitative estimate of drug-likeness (QED) is 0.369. The van der Waals surface area contributed by atoms with E-state index in [9.17, 15) is 0 Å². The molecule has 0 saturated carbocycles. The normalized spacial score (nSPS) is 12.4. The molecule has 0 aliphatic heterocycles. The lowest BCUT2D eigenvalue weighted by molar-refractivity contribution is 0.699. The molecule has 0 aliphatic rings. The number of guanidine groups is 1. The Morgan fingerprint density at radius 2 is 1.84 bits per heavy atom. The van der Waals surface area contributed by atoms with E-state index in [0.29, 0.717) is 12.5 Å². The number of hydrogen-bond acceptors (Lipinski definition) is 3. The molecule has 0 spiro atoms. The Labute approximate surface area is 172 Å². The molecule has 0 bridgehead atoms. The predicted octanol–water partition coefficient (Wildman–Crippen LogP) is 4.55. The lowest BCUT2D eigenvalue weighted by atomic mass is 10.0. The van der Waals surface area contributed by atoms with Crippen molar-refractivity contribution in [1.82, 2.24) is 15.6 Å². The predicted molar refractivity (Wildman–Crippen MR) is 119 cm³/mol. The van der Waals surface area contributed by atoms with Crippen LogP contribution in [0, 0.1) is 20.8 Å². The monoisotopic (exact) mass is 472 g/mol. The van der Waals surface area contributed by atoms with Gasteiger partial charge in [-0.15, -0.1) is 35.3 Å². The Morgan fingerprint density at radius 1 is 1.16 bits per heavy atom. The smallest absolute Gasteiger partial charge is 0.191 e. The van der Waals surface area contributed by atoms with Crippen LogP contribution < -0.4 is 10.6 Å². The van der Waals surface area contributed by atoms with E-state index < -0.39 is 0 Å². The SMILES string of the molecule is CCNC(=NCc1sc(C)nc1C)NCC(C)c1ccc(C)cc1.I. The van der Waals surface area contributed by atoms with Gasteiger partial charge in [-0.3, -0.25) is 0 Å². The van der Waals surface area contributed by atoms with Gasteiger partial charge in [0.05, 0.1) is 17.2 Å². The average molecular weight is 472 g/mol. The number of aliphatic imine (C=N–C) groups is 1. The minimum atomic E-state index is 0. The zero-order chi connectivity index (χ0) is 17.5. The van der Waals surface area contributed by atoms with Crippen LogP contribution >= 0.6 is 35.3 Å². The molecule has 25 heavy (non-hydrogen) atoms. The molecule has 2 N–H and O–H groups in total. The minimum Gasteiger partial charge on any atom is -0.357 e. The first kappa shape index (κ1) is 21.9. The molecule has 0 aliphatic carbocycles. The first-order valence-corrected chi connectivity index (χ1v) is 9.33. The van der Waals surface area contributed by atoms with Crippen LogP contribution in [0.5, 0.6) is 0 Å². The first-order chi connectivity index (χ1) is 11.5. The van der Waals surface area contributed by atoms with Crippen LogP contribution in [0.3, 0.4) is 0 Å². The topological polar surface area (TPSA) is 49.3 Å². The van der Waals surface area contributed by atoms with Gasteiger partial charge in [-0.2, -0.15) is 0 Å². The summed E-state index contributed by atoms with van der Waals surface area (Å²) in [5.41, 5.74) is 3.73. The van der Waals surface area contributed by atoms with Crippen molar-refractivity contribution in [1.29, 1.82) is 0 Å². The van der Waals surface area contributed by atoms with Crippen molar-refractivity contribution in [2.75, 3.05) is 13.1 Å². The van der Waals surface area contributed by atoms with Crippen LogP contribution in [0.15, 0.2) is 29.3 Å². The van der Waals surface area contributed by atoms with Crippen LogP contribution in [0.25, 0.3) is 0 Å². The second-order valence-corrected chi connectivity index (χ2v) is 7.42. The van der Waals surface area contributed by atoms with E-state index in [4.69, 9.17) is 4.99 Å². The van der Waals surface area contributed by atoms with Gasteiger partial charge in [0.2, 0.25) is 0 Å².